The number of nitrogens with zero attached hydrogens (tertiary/aromatic N) is 1. The van der Waals surface area contributed by atoms with Crippen molar-refractivity contribution in [3.05, 3.63) is 26.0 Å². The largest absolute Gasteiger partial charge is 0.248 e. The van der Waals surface area contributed by atoms with Crippen LogP contribution >= 0.6 is 38.5 Å². The maximum absolute atomic E-state index is 4.16. The molecular weight excluding hydrogens is 305 g/mol. The molecule has 3 heteroatoms. The van der Waals surface area contributed by atoms with E-state index in [1.54, 1.807) is 0 Å². The maximum atomic E-state index is 4.16. The van der Waals surface area contributed by atoms with Gasteiger partial charge >= 0.3 is 0 Å². The molecule has 1 heterocycles. The van der Waals surface area contributed by atoms with Crippen LogP contribution in [0.25, 0.3) is 0 Å². The Morgan fingerprint density at radius 3 is 2.90 bits per heavy atom. The fraction of sp³-hybridized carbons (Fsp3) is 0.286. The summed E-state index contributed by atoms with van der Waals surface area (Å²) in [5, 5.41) is 0. The van der Waals surface area contributed by atoms with Crippen LogP contribution in [-0.4, -0.2) is 4.98 Å². The van der Waals surface area contributed by atoms with E-state index < -0.39 is 0 Å². The Hall–Kier alpha value is 0.360. The van der Waals surface area contributed by atoms with Gasteiger partial charge in [-0.15, -0.1) is 0 Å². The second kappa shape index (κ2) is 3.67. The summed E-state index contributed by atoms with van der Waals surface area (Å²) in [6, 6.07) is 2.14. The van der Waals surface area contributed by atoms with E-state index in [0.717, 1.165) is 11.0 Å². The molecule has 0 radical (unpaired) electrons. The van der Waals surface area contributed by atoms with Gasteiger partial charge in [-0.25, -0.2) is 4.98 Å². The van der Waals surface area contributed by atoms with Gasteiger partial charge in [0, 0.05) is 9.77 Å². The van der Waals surface area contributed by atoms with Crippen molar-refractivity contribution in [3.8, 4) is 0 Å². The van der Waals surface area contributed by atoms with E-state index in [4.69, 9.17) is 0 Å². The van der Waals surface area contributed by atoms with Crippen LogP contribution in [-0.2, 0) is 6.42 Å². The van der Waals surface area contributed by atoms with E-state index in [0.29, 0.717) is 0 Å². The van der Waals surface area contributed by atoms with Crippen LogP contribution < -0.4 is 0 Å². The van der Waals surface area contributed by atoms with Gasteiger partial charge in [-0.1, -0.05) is 6.92 Å². The molecule has 54 valence electrons. The molecule has 1 nitrogen and oxygen atoms in total. The van der Waals surface area contributed by atoms with Crippen LogP contribution in [0.2, 0.25) is 0 Å². The molecule has 0 saturated carbocycles. The van der Waals surface area contributed by atoms with Crippen molar-refractivity contribution in [2.75, 3.05) is 0 Å². The molecule has 0 aliphatic carbocycles. The zero-order chi connectivity index (χ0) is 7.56. The lowest BCUT2D eigenvalue weighted by molar-refractivity contribution is 1.07. The highest BCUT2D eigenvalue weighted by Crippen LogP contribution is 2.16. The van der Waals surface area contributed by atoms with Crippen molar-refractivity contribution in [2.45, 2.75) is 13.3 Å². The summed E-state index contributed by atoms with van der Waals surface area (Å²) >= 11 is 5.64. The fourth-order valence-electron chi connectivity index (χ4n) is 0.712. The molecule has 1 rings (SSSR count). The van der Waals surface area contributed by atoms with Gasteiger partial charge in [0.25, 0.3) is 0 Å². The first-order chi connectivity index (χ1) is 4.74. The Kier molecular flexibility index (Phi) is 3.10. The molecule has 0 aliphatic heterocycles. The molecule has 1 aromatic heterocycles. The van der Waals surface area contributed by atoms with Gasteiger partial charge < -0.3 is 0 Å². The predicted octanol–water partition coefficient (Wildman–Crippen LogP) is 3.01. The van der Waals surface area contributed by atoms with E-state index >= 15 is 0 Å². The molecule has 1 aromatic rings. The number of hydrogen-bond acceptors (Lipinski definition) is 1. The van der Waals surface area contributed by atoms with Gasteiger partial charge in [-0.3, -0.25) is 0 Å². The first-order valence-corrected chi connectivity index (χ1v) is 4.91. The SMILES string of the molecule is CCc1cc(I)cnc1Br. The second-order valence-electron chi connectivity index (χ2n) is 1.96. The van der Waals surface area contributed by atoms with Gasteiger partial charge in [-0.2, -0.15) is 0 Å². The van der Waals surface area contributed by atoms with Crippen LogP contribution in [0.4, 0.5) is 0 Å². The van der Waals surface area contributed by atoms with E-state index in [9.17, 15) is 0 Å². The molecule has 0 spiro atoms. The number of aryl methyl sites for hydroxylation is 1. The molecule has 0 aromatic carbocycles. The third-order valence-electron chi connectivity index (χ3n) is 1.26. The summed E-state index contributed by atoms with van der Waals surface area (Å²) in [5.74, 6) is 0. The van der Waals surface area contributed by atoms with Crippen molar-refractivity contribution in [1.82, 2.24) is 4.98 Å². The Labute approximate surface area is 82.5 Å². The van der Waals surface area contributed by atoms with Gasteiger partial charge in [-0.05, 0) is 56.6 Å². The van der Waals surface area contributed by atoms with Crippen molar-refractivity contribution in [2.24, 2.45) is 0 Å². The zero-order valence-corrected chi connectivity index (χ0v) is 9.31. The summed E-state index contributed by atoms with van der Waals surface area (Å²) in [5.41, 5.74) is 1.27. The smallest absolute Gasteiger partial charge is 0.109 e. The molecular formula is C7H7BrIN. The minimum absolute atomic E-state index is 0.968. The minimum Gasteiger partial charge on any atom is -0.248 e. The molecule has 0 unspecified atom stereocenters. The topological polar surface area (TPSA) is 12.9 Å². The fourth-order valence-corrected chi connectivity index (χ4v) is 1.72. The summed E-state index contributed by atoms with van der Waals surface area (Å²) < 4.78 is 2.16. The summed E-state index contributed by atoms with van der Waals surface area (Å²) in [7, 11) is 0. The van der Waals surface area contributed by atoms with Crippen molar-refractivity contribution in [1.29, 1.82) is 0 Å². The highest BCUT2D eigenvalue weighted by Gasteiger charge is 1.97. The molecule has 10 heavy (non-hydrogen) atoms. The Bertz CT molecular complexity index is 237. The minimum atomic E-state index is 0.968. The molecule has 0 fully saturated rings. The van der Waals surface area contributed by atoms with Crippen molar-refractivity contribution < 1.29 is 0 Å². The van der Waals surface area contributed by atoms with E-state index in [1.165, 1.54) is 9.13 Å². The Morgan fingerprint density at radius 2 is 2.40 bits per heavy atom. The molecule has 0 saturated heterocycles. The highest BCUT2D eigenvalue weighted by atomic mass is 127. The summed E-state index contributed by atoms with van der Waals surface area (Å²) in [6.07, 6.45) is 2.88. The van der Waals surface area contributed by atoms with Crippen LogP contribution in [0, 0.1) is 3.57 Å². The van der Waals surface area contributed by atoms with Crippen LogP contribution in [0.5, 0.6) is 0 Å². The highest BCUT2D eigenvalue weighted by molar-refractivity contribution is 14.1. The van der Waals surface area contributed by atoms with Crippen LogP contribution in [0.3, 0.4) is 0 Å². The van der Waals surface area contributed by atoms with Gasteiger partial charge in [0.05, 0.1) is 0 Å². The van der Waals surface area contributed by atoms with Gasteiger partial charge in [0.2, 0.25) is 0 Å². The molecule has 0 bridgehead atoms. The lowest BCUT2D eigenvalue weighted by atomic mass is 10.2. The molecule has 0 atom stereocenters. The first-order valence-electron chi connectivity index (χ1n) is 3.04. The van der Waals surface area contributed by atoms with E-state index in [1.807, 2.05) is 6.20 Å². The average Bonchev–Trinajstić information content (AvgIpc) is 1.94. The second-order valence-corrected chi connectivity index (χ2v) is 3.95. The number of aromatic nitrogens is 1. The van der Waals surface area contributed by atoms with Gasteiger partial charge in [0.15, 0.2) is 0 Å². The third kappa shape index (κ3) is 1.92. The number of rotatable bonds is 1. The monoisotopic (exact) mass is 311 g/mol. The van der Waals surface area contributed by atoms with Crippen molar-refractivity contribution >= 4 is 38.5 Å². The average molecular weight is 312 g/mol. The van der Waals surface area contributed by atoms with Crippen LogP contribution in [0.1, 0.15) is 12.5 Å². The molecule has 0 aliphatic rings. The quantitative estimate of drug-likeness (QED) is 0.574. The zero-order valence-electron chi connectivity index (χ0n) is 5.56. The number of hydrogen-bond donors (Lipinski definition) is 0. The van der Waals surface area contributed by atoms with E-state index in [-0.39, 0.29) is 0 Å². The lowest BCUT2D eigenvalue weighted by Crippen LogP contribution is -1.87. The van der Waals surface area contributed by atoms with Gasteiger partial charge in [0.1, 0.15) is 4.60 Å². The van der Waals surface area contributed by atoms with E-state index in [2.05, 4.69) is 56.5 Å². The number of halogens is 2. The molecule has 0 N–H and O–H groups in total. The lowest BCUT2D eigenvalue weighted by Gasteiger charge is -1.98. The standard InChI is InChI=1S/C7H7BrIN/c1-2-5-3-6(9)4-10-7(5)8/h3-4H,2H2,1H3. The predicted molar refractivity (Wildman–Crippen MR) is 54.0 cm³/mol. The number of pyridine rings is 1. The maximum Gasteiger partial charge on any atom is 0.109 e. The molecule has 0 amide bonds. The Morgan fingerprint density at radius 1 is 1.70 bits per heavy atom. The first kappa shape index (κ1) is 8.46. The summed E-state index contributed by atoms with van der Waals surface area (Å²) in [4.78, 5) is 4.16. The van der Waals surface area contributed by atoms with Crippen molar-refractivity contribution in [3.63, 3.8) is 0 Å². The summed E-state index contributed by atoms with van der Waals surface area (Å²) in [6.45, 7) is 2.12. The Balaban J connectivity index is 3.09. The van der Waals surface area contributed by atoms with Crippen LogP contribution in [0.15, 0.2) is 16.9 Å². The third-order valence-corrected chi connectivity index (χ3v) is 2.56. The normalized spacial score (nSPS) is 9.90.